The standard InChI is InChI=1S/C24H24ClFN2O2S3/c1-33(30)14-4-10-27-23(29)24(26)8-11-28(12-9-24)32-22-16-21-17(7-13-31-21)15-19(22)18-5-2-3-6-20(18)25/h2-7,13-16H,8-12H2,1H3,(H,27,29)/b14-4-. The Morgan fingerprint density at radius 1 is 1.27 bits per heavy atom. The van der Waals surface area contributed by atoms with Crippen molar-refractivity contribution < 1.29 is 13.4 Å². The predicted molar refractivity (Wildman–Crippen MR) is 139 cm³/mol. The fourth-order valence-electron chi connectivity index (χ4n) is 3.75. The van der Waals surface area contributed by atoms with Crippen molar-refractivity contribution in [1.82, 2.24) is 9.62 Å². The topological polar surface area (TPSA) is 49.4 Å². The molecule has 4 rings (SSSR count). The number of alkyl halides is 1. The highest BCUT2D eigenvalue weighted by Gasteiger charge is 2.41. The van der Waals surface area contributed by atoms with Crippen LogP contribution in [0.1, 0.15) is 12.8 Å². The number of nitrogens with zero attached hydrogens (tertiary/aromatic N) is 1. The number of hydrogen-bond acceptors (Lipinski definition) is 5. The molecular formula is C24H24ClFN2O2S3. The van der Waals surface area contributed by atoms with E-state index in [9.17, 15) is 9.00 Å². The van der Waals surface area contributed by atoms with Crippen molar-refractivity contribution in [3.8, 4) is 11.1 Å². The van der Waals surface area contributed by atoms with Crippen molar-refractivity contribution >= 4 is 61.7 Å². The minimum Gasteiger partial charge on any atom is -0.350 e. The summed E-state index contributed by atoms with van der Waals surface area (Å²) < 4.78 is 29.6. The lowest BCUT2D eigenvalue weighted by Crippen LogP contribution is -2.49. The summed E-state index contributed by atoms with van der Waals surface area (Å²) in [5, 5.41) is 7.99. The molecule has 1 aliphatic rings. The molecule has 174 valence electrons. The quantitative estimate of drug-likeness (QED) is 0.384. The SMILES string of the molecule is CS(=O)/C=C\CNC(=O)C1(F)CCN(Sc2cc3sccc3cc2-c2ccccc2Cl)CC1. The van der Waals surface area contributed by atoms with Gasteiger partial charge in [-0.1, -0.05) is 35.9 Å². The van der Waals surface area contributed by atoms with E-state index in [1.807, 2.05) is 24.3 Å². The Morgan fingerprint density at radius 3 is 2.76 bits per heavy atom. The van der Waals surface area contributed by atoms with Gasteiger partial charge in [-0.3, -0.25) is 9.00 Å². The van der Waals surface area contributed by atoms with E-state index in [1.54, 1.807) is 29.4 Å². The number of thiophene rings is 1. The predicted octanol–water partition coefficient (Wildman–Crippen LogP) is 6.04. The molecule has 0 saturated carbocycles. The van der Waals surface area contributed by atoms with Crippen molar-refractivity contribution in [1.29, 1.82) is 0 Å². The van der Waals surface area contributed by atoms with Gasteiger partial charge in [0.2, 0.25) is 0 Å². The highest BCUT2D eigenvalue weighted by molar-refractivity contribution is 7.97. The summed E-state index contributed by atoms with van der Waals surface area (Å²) in [5.41, 5.74) is 0.123. The second-order valence-corrected chi connectivity index (χ2v) is 11.6. The molecular weight excluding hydrogens is 499 g/mol. The molecule has 9 heteroatoms. The molecule has 1 N–H and O–H groups in total. The maximum absolute atomic E-state index is 15.3. The number of halogens is 2. The maximum Gasteiger partial charge on any atom is 0.258 e. The lowest BCUT2D eigenvalue weighted by molar-refractivity contribution is -0.135. The summed E-state index contributed by atoms with van der Waals surface area (Å²) in [6, 6.07) is 14.2. The number of carbonyl (C=O) groups excluding carboxylic acids is 1. The van der Waals surface area contributed by atoms with Crippen LogP contribution in [-0.4, -0.2) is 46.0 Å². The van der Waals surface area contributed by atoms with Gasteiger partial charge in [-0.15, -0.1) is 11.3 Å². The molecule has 1 saturated heterocycles. The number of carbonyl (C=O) groups is 1. The zero-order valence-electron chi connectivity index (χ0n) is 18.1. The van der Waals surface area contributed by atoms with E-state index in [4.69, 9.17) is 11.6 Å². The van der Waals surface area contributed by atoms with Gasteiger partial charge in [0.1, 0.15) is 0 Å². The van der Waals surface area contributed by atoms with E-state index in [0.29, 0.717) is 18.1 Å². The van der Waals surface area contributed by atoms with Crippen LogP contribution in [0.5, 0.6) is 0 Å². The lowest BCUT2D eigenvalue weighted by atomic mass is 9.93. The number of nitrogens with one attached hydrogen (secondary N) is 1. The van der Waals surface area contributed by atoms with E-state index >= 15 is 4.39 Å². The molecule has 1 amide bonds. The summed E-state index contributed by atoms with van der Waals surface area (Å²) >= 11 is 9.78. The van der Waals surface area contributed by atoms with Crippen molar-refractivity contribution in [2.24, 2.45) is 0 Å². The van der Waals surface area contributed by atoms with E-state index in [0.717, 1.165) is 16.0 Å². The maximum atomic E-state index is 15.3. The van der Waals surface area contributed by atoms with Crippen molar-refractivity contribution in [3.63, 3.8) is 0 Å². The van der Waals surface area contributed by atoms with Gasteiger partial charge in [0.05, 0.1) is 0 Å². The van der Waals surface area contributed by atoms with Crippen LogP contribution in [-0.2, 0) is 15.6 Å². The van der Waals surface area contributed by atoms with Crippen LogP contribution in [0.4, 0.5) is 4.39 Å². The first kappa shape index (κ1) is 24.4. The summed E-state index contributed by atoms with van der Waals surface area (Å²) in [7, 11) is -1.09. The first-order valence-electron chi connectivity index (χ1n) is 10.5. The van der Waals surface area contributed by atoms with Gasteiger partial charge >= 0.3 is 0 Å². The molecule has 1 aromatic heterocycles. The van der Waals surface area contributed by atoms with E-state index in [-0.39, 0.29) is 19.4 Å². The first-order chi connectivity index (χ1) is 15.9. The van der Waals surface area contributed by atoms with Crippen LogP contribution in [0.25, 0.3) is 21.2 Å². The van der Waals surface area contributed by atoms with E-state index in [2.05, 4.69) is 33.2 Å². The molecule has 2 heterocycles. The number of fused-ring (bicyclic) bond motifs is 1. The Hall–Kier alpha value is -1.71. The molecule has 0 aliphatic carbocycles. The van der Waals surface area contributed by atoms with Gasteiger partial charge in [-0.05, 0) is 58.0 Å². The fraction of sp³-hybridized carbons (Fsp3) is 0.292. The van der Waals surface area contributed by atoms with Crippen LogP contribution in [0.2, 0.25) is 5.02 Å². The molecule has 2 aromatic carbocycles. The monoisotopic (exact) mass is 522 g/mol. The Morgan fingerprint density at radius 2 is 2.03 bits per heavy atom. The van der Waals surface area contributed by atoms with Gasteiger partial charge in [0.15, 0.2) is 5.67 Å². The number of amides is 1. The summed E-state index contributed by atoms with van der Waals surface area (Å²) in [6.45, 7) is 1.08. The van der Waals surface area contributed by atoms with E-state index < -0.39 is 22.4 Å². The second-order valence-electron chi connectivity index (χ2n) is 7.85. The Kier molecular flexibility index (Phi) is 7.91. The van der Waals surface area contributed by atoms with Gasteiger partial charge in [-0.2, -0.15) is 0 Å². The van der Waals surface area contributed by atoms with Crippen LogP contribution in [0.15, 0.2) is 64.2 Å². The Balaban J connectivity index is 1.47. The van der Waals surface area contributed by atoms with Crippen LogP contribution in [0.3, 0.4) is 0 Å². The third kappa shape index (κ3) is 5.87. The first-order valence-corrected chi connectivity index (χ1v) is 14.2. The van der Waals surface area contributed by atoms with Gasteiger partial charge in [-0.25, -0.2) is 8.70 Å². The van der Waals surface area contributed by atoms with Crippen molar-refractivity contribution in [3.05, 3.63) is 64.4 Å². The van der Waals surface area contributed by atoms with Crippen LogP contribution >= 0.6 is 34.9 Å². The molecule has 0 bridgehead atoms. The average Bonchev–Trinajstić information content (AvgIpc) is 3.25. The number of rotatable bonds is 7. The van der Waals surface area contributed by atoms with E-state index in [1.165, 1.54) is 21.7 Å². The van der Waals surface area contributed by atoms with Crippen LogP contribution in [0, 0.1) is 0 Å². The highest BCUT2D eigenvalue weighted by Crippen LogP contribution is 2.42. The zero-order chi connectivity index (χ0) is 23.4. The third-order valence-corrected chi connectivity index (χ3v) is 8.48. The molecule has 33 heavy (non-hydrogen) atoms. The Labute approximate surface area is 208 Å². The average molecular weight is 523 g/mol. The molecule has 0 spiro atoms. The summed E-state index contributed by atoms with van der Waals surface area (Å²) in [5.74, 6) is -0.601. The molecule has 1 unspecified atom stereocenters. The van der Waals surface area contributed by atoms with Gasteiger partial charge < -0.3 is 5.32 Å². The van der Waals surface area contributed by atoms with Gasteiger partial charge in [0.25, 0.3) is 5.91 Å². The van der Waals surface area contributed by atoms with Crippen LogP contribution < -0.4 is 5.32 Å². The molecule has 1 fully saturated rings. The Bertz CT molecular complexity index is 1210. The number of piperidine rings is 1. The van der Waals surface area contributed by atoms with Gasteiger partial charge in [0, 0.05) is 69.7 Å². The minimum atomic E-state index is -1.89. The normalized spacial score (nSPS) is 17.4. The summed E-state index contributed by atoms with van der Waals surface area (Å²) in [4.78, 5) is 13.5. The van der Waals surface area contributed by atoms with Crippen molar-refractivity contribution in [2.75, 3.05) is 25.9 Å². The third-order valence-electron chi connectivity index (χ3n) is 5.54. The highest BCUT2D eigenvalue weighted by atomic mass is 35.5. The fourth-order valence-corrected chi connectivity index (χ4v) is 6.32. The molecule has 1 atom stereocenters. The molecule has 3 aromatic rings. The number of hydrogen-bond donors (Lipinski definition) is 1. The molecule has 0 radical (unpaired) electrons. The lowest BCUT2D eigenvalue weighted by Gasteiger charge is -2.34. The minimum absolute atomic E-state index is 0.123. The summed E-state index contributed by atoms with van der Waals surface area (Å²) in [6.07, 6.45) is 3.37. The van der Waals surface area contributed by atoms with Crippen molar-refractivity contribution in [2.45, 2.75) is 23.4 Å². The molecule has 4 nitrogen and oxygen atoms in total. The zero-order valence-corrected chi connectivity index (χ0v) is 21.3. The second kappa shape index (κ2) is 10.7. The number of benzene rings is 2. The smallest absolute Gasteiger partial charge is 0.258 e. The molecule has 1 aliphatic heterocycles. The largest absolute Gasteiger partial charge is 0.350 e.